The fourth-order valence-corrected chi connectivity index (χ4v) is 5.43. The minimum absolute atomic E-state index is 0.274. The van der Waals surface area contributed by atoms with E-state index in [-0.39, 0.29) is 6.10 Å². The summed E-state index contributed by atoms with van der Waals surface area (Å²) in [5.41, 5.74) is 2.82. The zero-order valence-corrected chi connectivity index (χ0v) is 17.5. The van der Waals surface area contributed by atoms with Crippen molar-refractivity contribution < 1.29 is 9.47 Å². The SMILES string of the molecule is Cc1nn(C)cc1-c1ccc(O[C@@H]2C[C@@H]3CN(CC4CCOCC4)C[C@@H]3C2)nn1. The van der Waals surface area contributed by atoms with Crippen LogP contribution >= 0.6 is 0 Å². The molecule has 1 saturated carbocycles. The number of hydrogen-bond acceptors (Lipinski definition) is 6. The van der Waals surface area contributed by atoms with E-state index in [9.17, 15) is 0 Å². The summed E-state index contributed by atoms with van der Waals surface area (Å²) >= 11 is 0. The summed E-state index contributed by atoms with van der Waals surface area (Å²) in [5, 5.41) is 13.1. The highest BCUT2D eigenvalue weighted by Gasteiger charge is 2.42. The van der Waals surface area contributed by atoms with Gasteiger partial charge in [0, 0.05) is 57.7 Å². The van der Waals surface area contributed by atoms with Crippen LogP contribution in [0.1, 0.15) is 31.4 Å². The third kappa shape index (κ3) is 4.16. The van der Waals surface area contributed by atoms with Gasteiger partial charge in [0.2, 0.25) is 5.88 Å². The monoisotopic (exact) mass is 397 g/mol. The average molecular weight is 398 g/mol. The zero-order valence-electron chi connectivity index (χ0n) is 17.5. The van der Waals surface area contributed by atoms with Crippen LogP contribution < -0.4 is 4.74 Å². The van der Waals surface area contributed by atoms with Crippen molar-refractivity contribution in [3.8, 4) is 17.1 Å². The molecular formula is C22H31N5O2. The summed E-state index contributed by atoms with van der Waals surface area (Å²) in [5.74, 6) is 3.00. The van der Waals surface area contributed by atoms with Crippen LogP contribution in [0.15, 0.2) is 18.3 Å². The Morgan fingerprint density at radius 1 is 1.10 bits per heavy atom. The van der Waals surface area contributed by atoms with E-state index in [1.165, 1.54) is 32.5 Å². The first kappa shape index (κ1) is 19.0. The Balaban J connectivity index is 1.13. The predicted octanol–water partition coefficient (Wildman–Crippen LogP) is 2.70. The van der Waals surface area contributed by atoms with E-state index in [0.717, 1.165) is 60.8 Å². The highest BCUT2D eigenvalue weighted by molar-refractivity contribution is 5.60. The second kappa shape index (κ2) is 8.03. The predicted molar refractivity (Wildman–Crippen MR) is 110 cm³/mol. The number of aryl methyl sites for hydroxylation is 2. The lowest BCUT2D eigenvalue weighted by Crippen LogP contribution is -2.32. The van der Waals surface area contributed by atoms with Gasteiger partial charge in [-0.25, -0.2) is 0 Å². The molecule has 0 amide bonds. The van der Waals surface area contributed by atoms with Gasteiger partial charge < -0.3 is 14.4 Å². The first-order chi connectivity index (χ1) is 14.1. The smallest absolute Gasteiger partial charge is 0.233 e. The molecule has 0 spiro atoms. The van der Waals surface area contributed by atoms with Crippen LogP contribution in [0.4, 0.5) is 0 Å². The van der Waals surface area contributed by atoms with Crippen LogP contribution in [0.2, 0.25) is 0 Å². The fourth-order valence-electron chi connectivity index (χ4n) is 5.43. The second-order valence-corrected chi connectivity index (χ2v) is 9.06. The molecule has 156 valence electrons. The quantitative estimate of drug-likeness (QED) is 0.773. The molecule has 0 bridgehead atoms. The molecule has 0 aromatic carbocycles. The van der Waals surface area contributed by atoms with Gasteiger partial charge in [0.15, 0.2) is 0 Å². The number of aromatic nitrogens is 4. The van der Waals surface area contributed by atoms with E-state index in [1.54, 1.807) is 4.68 Å². The fraction of sp³-hybridized carbons (Fsp3) is 0.682. The molecule has 3 atom stereocenters. The van der Waals surface area contributed by atoms with Crippen molar-refractivity contribution in [2.24, 2.45) is 24.8 Å². The van der Waals surface area contributed by atoms with E-state index in [0.29, 0.717) is 5.88 Å². The summed E-state index contributed by atoms with van der Waals surface area (Å²) < 4.78 is 13.5. The Morgan fingerprint density at radius 3 is 2.48 bits per heavy atom. The molecule has 0 radical (unpaired) electrons. The molecule has 7 nitrogen and oxygen atoms in total. The Hall–Kier alpha value is -1.99. The van der Waals surface area contributed by atoms with Gasteiger partial charge in [-0.05, 0) is 56.4 Å². The maximum Gasteiger partial charge on any atom is 0.233 e. The second-order valence-electron chi connectivity index (χ2n) is 9.06. The van der Waals surface area contributed by atoms with Crippen molar-refractivity contribution in [1.82, 2.24) is 24.9 Å². The molecule has 4 heterocycles. The van der Waals surface area contributed by atoms with Gasteiger partial charge in [-0.1, -0.05) is 0 Å². The average Bonchev–Trinajstić information content (AvgIpc) is 3.36. The minimum atomic E-state index is 0.274. The first-order valence-electron chi connectivity index (χ1n) is 10.9. The van der Waals surface area contributed by atoms with Crippen molar-refractivity contribution in [3.63, 3.8) is 0 Å². The van der Waals surface area contributed by atoms with Gasteiger partial charge in [-0.3, -0.25) is 4.68 Å². The van der Waals surface area contributed by atoms with Crippen LogP contribution in [0.25, 0.3) is 11.3 Å². The number of ether oxygens (including phenoxy) is 2. The van der Waals surface area contributed by atoms with Crippen molar-refractivity contribution in [2.75, 3.05) is 32.8 Å². The summed E-state index contributed by atoms with van der Waals surface area (Å²) in [6.45, 7) is 7.59. The molecule has 3 fully saturated rings. The molecule has 2 aromatic heterocycles. The molecule has 7 heteroatoms. The zero-order chi connectivity index (χ0) is 19.8. The molecule has 2 aliphatic heterocycles. The Morgan fingerprint density at radius 2 is 1.86 bits per heavy atom. The van der Waals surface area contributed by atoms with E-state index in [1.807, 2.05) is 32.3 Å². The van der Waals surface area contributed by atoms with Crippen molar-refractivity contribution >= 4 is 0 Å². The molecular weight excluding hydrogens is 366 g/mol. The number of likely N-dealkylation sites (tertiary alicyclic amines) is 1. The van der Waals surface area contributed by atoms with Crippen molar-refractivity contribution in [2.45, 2.75) is 38.7 Å². The summed E-state index contributed by atoms with van der Waals surface area (Å²) in [4.78, 5) is 2.69. The van der Waals surface area contributed by atoms with Crippen molar-refractivity contribution in [1.29, 1.82) is 0 Å². The van der Waals surface area contributed by atoms with Crippen LogP contribution in [0.5, 0.6) is 5.88 Å². The van der Waals surface area contributed by atoms with Crippen molar-refractivity contribution in [3.05, 3.63) is 24.0 Å². The number of hydrogen-bond donors (Lipinski definition) is 0. The van der Waals surface area contributed by atoms with Gasteiger partial charge in [0.25, 0.3) is 0 Å². The van der Waals surface area contributed by atoms with E-state index in [4.69, 9.17) is 9.47 Å². The van der Waals surface area contributed by atoms with Gasteiger partial charge in [-0.15, -0.1) is 10.2 Å². The molecule has 5 rings (SSSR count). The van der Waals surface area contributed by atoms with Gasteiger partial charge >= 0.3 is 0 Å². The summed E-state index contributed by atoms with van der Waals surface area (Å²) in [7, 11) is 1.92. The molecule has 2 saturated heterocycles. The molecule has 3 aliphatic rings. The third-order valence-electron chi connectivity index (χ3n) is 6.86. The molecule has 29 heavy (non-hydrogen) atoms. The molecule has 2 aromatic rings. The summed E-state index contributed by atoms with van der Waals surface area (Å²) in [6, 6.07) is 3.93. The largest absolute Gasteiger partial charge is 0.473 e. The standard InChI is InChI=1S/C22H31N5O2/c1-15-20(14-26(2)25-15)21-3-4-22(24-23-21)29-19-9-17-12-27(13-18(17)10-19)11-16-5-7-28-8-6-16/h3-4,14,16-19H,5-13H2,1-2H3/t17-,18+,19-. The van der Waals surface area contributed by atoms with Gasteiger partial charge in [-0.2, -0.15) is 5.10 Å². The van der Waals surface area contributed by atoms with E-state index >= 15 is 0 Å². The van der Waals surface area contributed by atoms with E-state index in [2.05, 4.69) is 20.2 Å². The Labute approximate surface area is 172 Å². The maximum absolute atomic E-state index is 6.19. The lowest BCUT2D eigenvalue weighted by molar-refractivity contribution is 0.0539. The van der Waals surface area contributed by atoms with Crippen LogP contribution in [0.3, 0.4) is 0 Å². The number of nitrogens with zero attached hydrogens (tertiary/aromatic N) is 5. The maximum atomic E-state index is 6.19. The van der Waals surface area contributed by atoms with E-state index < -0.39 is 0 Å². The third-order valence-corrected chi connectivity index (χ3v) is 6.86. The van der Waals surface area contributed by atoms with Crippen LogP contribution in [-0.2, 0) is 11.8 Å². The first-order valence-corrected chi connectivity index (χ1v) is 10.9. The van der Waals surface area contributed by atoms with Crippen LogP contribution in [-0.4, -0.2) is 63.8 Å². The number of rotatable bonds is 5. The lowest BCUT2D eigenvalue weighted by atomic mass is 10.00. The number of fused-ring (bicyclic) bond motifs is 1. The van der Waals surface area contributed by atoms with Gasteiger partial charge in [0.05, 0.1) is 11.4 Å². The molecule has 1 aliphatic carbocycles. The minimum Gasteiger partial charge on any atom is -0.473 e. The normalized spacial score (nSPS) is 28.0. The molecule has 0 unspecified atom stereocenters. The molecule has 0 N–H and O–H groups in total. The topological polar surface area (TPSA) is 65.3 Å². The lowest BCUT2D eigenvalue weighted by Gasteiger charge is -2.27. The highest BCUT2D eigenvalue weighted by Crippen LogP contribution is 2.40. The van der Waals surface area contributed by atoms with Gasteiger partial charge in [0.1, 0.15) is 6.10 Å². The summed E-state index contributed by atoms with van der Waals surface area (Å²) in [6.07, 6.45) is 6.98. The Bertz CT molecular complexity index is 816. The highest BCUT2D eigenvalue weighted by atomic mass is 16.5. The Kier molecular flexibility index (Phi) is 5.26. The van der Waals surface area contributed by atoms with Crippen LogP contribution in [0, 0.1) is 24.7 Å².